The molecule has 92 valence electrons. The van der Waals surface area contributed by atoms with Crippen LogP contribution in [0.15, 0.2) is 56.0 Å². The lowest BCUT2D eigenvalue weighted by atomic mass is 10.2. The van der Waals surface area contributed by atoms with Crippen LogP contribution in [0, 0.1) is 13.8 Å². The smallest absolute Gasteiger partial charge is 0.0333 e. The Morgan fingerprint density at radius 2 is 0.944 bits per heavy atom. The molecular weight excluding hydrogens is 296 g/mol. The Morgan fingerprint density at radius 3 is 1.39 bits per heavy atom. The minimum Gasteiger partial charge on any atom is -0.0581 e. The molecule has 0 spiro atoms. The van der Waals surface area contributed by atoms with Crippen molar-refractivity contribution >= 4 is 43.2 Å². The van der Waals surface area contributed by atoms with Crippen LogP contribution >= 0.6 is 43.2 Å². The average molecular weight is 309 g/mol. The maximum absolute atomic E-state index is 2.28. The standard InChI is InChI=1S/C14H12S4/c1-9-3-5-11-13(7-9)17-16-12-6-4-10(2)8-14(12)18-15-11/h3-8H,1-2H3. The SMILES string of the molecule is Cc1ccc2c(c1)SSc1ccc(C)cc1SS2. The average Bonchev–Trinajstić information content (AvgIpc) is 2.34. The molecule has 0 radical (unpaired) electrons. The fraction of sp³-hybridized carbons (Fsp3) is 0.143. The summed E-state index contributed by atoms with van der Waals surface area (Å²) >= 11 is 0. The number of fused-ring (bicyclic) bond motifs is 2. The second kappa shape index (κ2) is 5.45. The molecule has 2 aromatic carbocycles. The molecule has 1 aliphatic rings. The molecule has 0 saturated carbocycles. The molecule has 4 heteroatoms. The Balaban J connectivity index is 1.96. The van der Waals surface area contributed by atoms with Crippen molar-refractivity contribution in [2.45, 2.75) is 33.4 Å². The minimum atomic E-state index is 1.33. The fourth-order valence-corrected chi connectivity index (χ4v) is 7.24. The summed E-state index contributed by atoms with van der Waals surface area (Å²) in [5, 5.41) is 0. The van der Waals surface area contributed by atoms with Gasteiger partial charge in [0.15, 0.2) is 0 Å². The molecule has 0 fully saturated rings. The highest BCUT2D eigenvalue weighted by Crippen LogP contribution is 2.53. The quantitative estimate of drug-likeness (QED) is 0.530. The van der Waals surface area contributed by atoms with Crippen LogP contribution in [0.5, 0.6) is 0 Å². The van der Waals surface area contributed by atoms with Crippen LogP contribution in [0.25, 0.3) is 0 Å². The monoisotopic (exact) mass is 308 g/mol. The molecule has 3 rings (SSSR count). The first-order valence-corrected chi connectivity index (χ1v) is 9.93. The van der Waals surface area contributed by atoms with Gasteiger partial charge >= 0.3 is 0 Å². The Morgan fingerprint density at radius 1 is 0.556 bits per heavy atom. The highest BCUT2D eigenvalue weighted by Gasteiger charge is 2.14. The third-order valence-corrected chi connectivity index (χ3v) is 7.83. The van der Waals surface area contributed by atoms with Crippen LogP contribution in [0.1, 0.15) is 11.1 Å². The topological polar surface area (TPSA) is 0 Å². The summed E-state index contributed by atoms with van der Waals surface area (Å²) in [4.78, 5) is 5.50. The predicted molar refractivity (Wildman–Crippen MR) is 85.8 cm³/mol. The van der Waals surface area contributed by atoms with Gasteiger partial charge in [0.1, 0.15) is 0 Å². The number of rotatable bonds is 0. The first-order valence-electron chi connectivity index (χ1n) is 5.63. The molecule has 0 atom stereocenters. The Labute approximate surface area is 124 Å². The van der Waals surface area contributed by atoms with Crippen LogP contribution in [-0.4, -0.2) is 0 Å². The summed E-state index contributed by atoms with van der Waals surface area (Å²) in [6.45, 7) is 4.30. The van der Waals surface area contributed by atoms with Crippen LogP contribution in [-0.2, 0) is 0 Å². The number of aryl methyl sites for hydroxylation is 2. The van der Waals surface area contributed by atoms with E-state index in [4.69, 9.17) is 0 Å². The van der Waals surface area contributed by atoms with E-state index in [0.29, 0.717) is 0 Å². The lowest BCUT2D eigenvalue weighted by Crippen LogP contribution is -1.84. The molecule has 18 heavy (non-hydrogen) atoms. The van der Waals surface area contributed by atoms with E-state index in [-0.39, 0.29) is 0 Å². The fourth-order valence-electron chi connectivity index (χ4n) is 1.68. The zero-order valence-electron chi connectivity index (χ0n) is 10.1. The highest BCUT2D eigenvalue weighted by molar-refractivity contribution is 8.79. The second-order valence-corrected chi connectivity index (χ2v) is 8.66. The van der Waals surface area contributed by atoms with Crippen LogP contribution in [0.3, 0.4) is 0 Å². The molecule has 0 amide bonds. The van der Waals surface area contributed by atoms with E-state index in [0.717, 1.165) is 0 Å². The van der Waals surface area contributed by atoms with E-state index in [1.54, 1.807) is 0 Å². The normalized spacial score (nSPS) is 14.3. The second-order valence-electron chi connectivity index (χ2n) is 4.23. The summed E-state index contributed by atoms with van der Waals surface area (Å²) in [7, 11) is 7.47. The highest BCUT2D eigenvalue weighted by atomic mass is 33.1. The Bertz CT molecular complexity index is 539. The van der Waals surface area contributed by atoms with Crippen molar-refractivity contribution in [2.75, 3.05) is 0 Å². The molecule has 0 nitrogen and oxygen atoms in total. The Hall–Kier alpha value is -0.160. The molecule has 0 aromatic heterocycles. The molecule has 1 heterocycles. The van der Waals surface area contributed by atoms with E-state index in [1.165, 1.54) is 30.7 Å². The summed E-state index contributed by atoms with van der Waals surface area (Å²) in [6, 6.07) is 13.4. The zero-order chi connectivity index (χ0) is 12.5. The summed E-state index contributed by atoms with van der Waals surface area (Å²) in [5.41, 5.74) is 2.66. The first kappa shape index (κ1) is 12.9. The minimum absolute atomic E-state index is 1.33. The maximum atomic E-state index is 2.28. The van der Waals surface area contributed by atoms with Crippen molar-refractivity contribution in [3.05, 3.63) is 47.5 Å². The first-order chi connectivity index (χ1) is 8.72. The molecule has 1 aliphatic heterocycles. The maximum Gasteiger partial charge on any atom is 0.0333 e. The van der Waals surface area contributed by atoms with E-state index in [9.17, 15) is 0 Å². The van der Waals surface area contributed by atoms with Crippen molar-refractivity contribution in [3.8, 4) is 0 Å². The van der Waals surface area contributed by atoms with Gasteiger partial charge in [-0.05, 0) is 49.2 Å². The van der Waals surface area contributed by atoms with Gasteiger partial charge < -0.3 is 0 Å². The van der Waals surface area contributed by atoms with Crippen LogP contribution < -0.4 is 0 Å². The van der Waals surface area contributed by atoms with E-state index < -0.39 is 0 Å². The van der Waals surface area contributed by atoms with Crippen molar-refractivity contribution in [2.24, 2.45) is 0 Å². The van der Waals surface area contributed by atoms with Crippen molar-refractivity contribution in [1.29, 1.82) is 0 Å². The lowest BCUT2D eigenvalue weighted by Gasteiger charge is -2.15. The lowest BCUT2D eigenvalue weighted by molar-refractivity contribution is 1.21. The van der Waals surface area contributed by atoms with Crippen LogP contribution in [0.4, 0.5) is 0 Å². The largest absolute Gasteiger partial charge is 0.0581 e. The number of benzene rings is 2. The molecule has 0 saturated heterocycles. The molecule has 0 N–H and O–H groups in total. The number of hydrogen-bond acceptors (Lipinski definition) is 4. The molecular formula is C14H12S4. The van der Waals surface area contributed by atoms with Gasteiger partial charge in [0, 0.05) is 19.6 Å². The summed E-state index contributed by atoms with van der Waals surface area (Å²) < 4.78 is 0. The van der Waals surface area contributed by atoms with Gasteiger partial charge in [-0.25, -0.2) is 0 Å². The zero-order valence-corrected chi connectivity index (χ0v) is 13.4. The van der Waals surface area contributed by atoms with Gasteiger partial charge in [-0.3, -0.25) is 0 Å². The van der Waals surface area contributed by atoms with Gasteiger partial charge in [0.2, 0.25) is 0 Å². The van der Waals surface area contributed by atoms with Gasteiger partial charge in [0.05, 0.1) is 0 Å². The Kier molecular flexibility index (Phi) is 3.89. The van der Waals surface area contributed by atoms with Crippen molar-refractivity contribution in [3.63, 3.8) is 0 Å². The van der Waals surface area contributed by atoms with Crippen LogP contribution in [0.2, 0.25) is 0 Å². The molecule has 2 aromatic rings. The molecule has 0 aliphatic carbocycles. The third kappa shape index (κ3) is 2.72. The summed E-state index contributed by atoms with van der Waals surface area (Å²) in [6.07, 6.45) is 0. The van der Waals surface area contributed by atoms with Crippen molar-refractivity contribution < 1.29 is 0 Å². The van der Waals surface area contributed by atoms with E-state index in [2.05, 4.69) is 50.2 Å². The van der Waals surface area contributed by atoms with Gasteiger partial charge in [-0.1, -0.05) is 55.3 Å². The van der Waals surface area contributed by atoms with E-state index >= 15 is 0 Å². The van der Waals surface area contributed by atoms with Crippen molar-refractivity contribution in [1.82, 2.24) is 0 Å². The van der Waals surface area contributed by atoms with E-state index in [1.807, 2.05) is 43.2 Å². The predicted octanol–water partition coefficient (Wildman–Crippen LogP) is 6.22. The summed E-state index contributed by atoms with van der Waals surface area (Å²) in [5.74, 6) is 0. The molecule has 0 unspecified atom stereocenters. The number of hydrogen-bond donors (Lipinski definition) is 0. The molecule has 0 bridgehead atoms. The van der Waals surface area contributed by atoms with Gasteiger partial charge in [-0.15, -0.1) is 0 Å². The van der Waals surface area contributed by atoms with Gasteiger partial charge in [0.25, 0.3) is 0 Å². The third-order valence-electron chi connectivity index (χ3n) is 2.64. The van der Waals surface area contributed by atoms with Gasteiger partial charge in [-0.2, -0.15) is 0 Å².